The van der Waals surface area contributed by atoms with Gasteiger partial charge in [-0.1, -0.05) is 0 Å². The van der Waals surface area contributed by atoms with Crippen molar-refractivity contribution in [2.75, 3.05) is 30.3 Å². The van der Waals surface area contributed by atoms with Gasteiger partial charge in [-0.05, 0) is 13.3 Å². The molecule has 1 aliphatic rings. The van der Waals surface area contributed by atoms with Crippen molar-refractivity contribution in [2.45, 2.75) is 32.9 Å². The van der Waals surface area contributed by atoms with Gasteiger partial charge in [0.1, 0.15) is 18.2 Å². The van der Waals surface area contributed by atoms with E-state index in [1.807, 2.05) is 6.92 Å². The van der Waals surface area contributed by atoms with Gasteiger partial charge in [0.15, 0.2) is 5.82 Å². The maximum Gasteiger partial charge on any atom is 0.217 e. The second-order valence-electron chi connectivity index (χ2n) is 4.84. The van der Waals surface area contributed by atoms with Crippen LogP contribution in [0.3, 0.4) is 0 Å². The van der Waals surface area contributed by atoms with Crippen LogP contribution in [-0.2, 0) is 16.1 Å². The Bertz CT molecular complexity index is 480. The van der Waals surface area contributed by atoms with Gasteiger partial charge >= 0.3 is 0 Å². The van der Waals surface area contributed by atoms with Crippen LogP contribution in [0.25, 0.3) is 0 Å². The maximum absolute atomic E-state index is 11.1. The number of carbonyl (C=O) groups is 1. The summed E-state index contributed by atoms with van der Waals surface area (Å²) in [6, 6.07) is 1.92. The van der Waals surface area contributed by atoms with Crippen molar-refractivity contribution in [3.05, 3.63) is 11.9 Å². The van der Waals surface area contributed by atoms with Crippen LogP contribution in [0.15, 0.2) is 6.07 Å². The van der Waals surface area contributed by atoms with E-state index in [1.54, 1.807) is 6.07 Å². The Morgan fingerprint density at radius 3 is 3.10 bits per heavy atom. The van der Waals surface area contributed by atoms with E-state index in [4.69, 9.17) is 10.5 Å². The molecule has 1 unspecified atom stereocenters. The highest BCUT2D eigenvalue weighted by atomic mass is 16.5. The van der Waals surface area contributed by atoms with Crippen LogP contribution in [0.2, 0.25) is 0 Å². The first-order valence-corrected chi connectivity index (χ1v) is 6.81. The van der Waals surface area contributed by atoms with Gasteiger partial charge in [0.05, 0.1) is 0 Å². The third-order valence-electron chi connectivity index (χ3n) is 3.13. The molecular formula is C13H21N5O2. The van der Waals surface area contributed by atoms with E-state index < -0.39 is 0 Å². The van der Waals surface area contributed by atoms with Crippen LogP contribution in [0.5, 0.6) is 0 Å². The summed E-state index contributed by atoms with van der Waals surface area (Å²) in [6.07, 6.45) is 0.907. The minimum atomic E-state index is -0.00362. The molecule has 1 aliphatic heterocycles. The summed E-state index contributed by atoms with van der Waals surface area (Å²) in [7, 11) is 0. The Morgan fingerprint density at radius 2 is 2.40 bits per heavy atom. The summed E-state index contributed by atoms with van der Waals surface area (Å²) in [6.45, 7) is 6.01. The van der Waals surface area contributed by atoms with Crippen molar-refractivity contribution in [3.8, 4) is 0 Å². The third-order valence-corrected chi connectivity index (χ3v) is 3.13. The van der Waals surface area contributed by atoms with Crippen LogP contribution >= 0.6 is 0 Å². The minimum Gasteiger partial charge on any atom is -0.384 e. The van der Waals surface area contributed by atoms with Crippen molar-refractivity contribution in [1.82, 2.24) is 15.3 Å². The second-order valence-corrected chi connectivity index (χ2v) is 4.84. The number of hydrogen-bond acceptors (Lipinski definition) is 6. The van der Waals surface area contributed by atoms with E-state index in [-0.39, 0.29) is 11.9 Å². The first kappa shape index (κ1) is 14.5. The molecule has 0 bridgehead atoms. The molecule has 1 aromatic rings. The van der Waals surface area contributed by atoms with Crippen LogP contribution < -0.4 is 16.0 Å². The predicted octanol–water partition coefficient (Wildman–Crippen LogP) is 0.310. The fourth-order valence-corrected chi connectivity index (χ4v) is 2.30. The fraction of sp³-hybridized carbons (Fsp3) is 0.615. The van der Waals surface area contributed by atoms with Crippen molar-refractivity contribution in [3.63, 3.8) is 0 Å². The first-order chi connectivity index (χ1) is 9.58. The van der Waals surface area contributed by atoms with E-state index in [0.29, 0.717) is 24.9 Å². The van der Waals surface area contributed by atoms with Crippen molar-refractivity contribution < 1.29 is 9.53 Å². The Balaban J connectivity index is 2.05. The second kappa shape index (κ2) is 6.51. The van der Waals surface area contributed by atoms with Crippen LogP contribution in [0.4, 0.5) is 11.6 Å². The number of nitrogens with two attached hydrogens (primary N) is 1. The highest BCUT2D eigenvalue weighted by Gasteiger charge is 2.24. The Morgan fingerprint density at radius 1 is 1.60 bits per heavy atom. The summed E-state index contributed by atoms with van der Waals surface area (Å²) in [4.78, 5) is 21.8. The van der Waals surface area contributed by atoms with Gasteiger partial charge in [-0.25, -0.2) is 9.97 Å². The minimum absolute atomic E-state index is 0.00362. The van der Waals surface area contributed by atoms with Crippen LogP contribution in [0.1, 0.15) is 26.1 Å². The molecule has 7 nitrogen and oxygen atoms in total. The standard InChI is InChI=1S/C13H21N5O2/c1-3-20-8-12-16-11(14)6-13(17-12)18-5-4-10(7-18)15-9(2)19/h6,10H,3-5,7-8H2,1-2H3,(H,15,19)(H2,14,16,17). The largest absolute Gasteiger partial charge is 0.384 e. The molecule has 0 spiro atoms. The molecule has 0 aromatic carbocycles. The van der Waals surface area contributed by atoms with Gasteiger partial charge in [0, 0.05) is 38.7 Å². The molecule has 20 heavy (non-hydrogen) atoms. The number of nitrogens with zero attached hydrogens (tertiary/aromatic N) is 3. The Kier molecular flexibility index (Phi) is 4.73. The third kappa shape index (κ3) is 3.80. The highest BCUT2D eigenvalue weighted by molar-refractivity contribution is 5.73. The zero-order valence-electron chi connectivity index (χ0n) is 11.9. The number of amides is 1. The van der Waals surface area contributed by atoms with Crippen LogP contribution in [0, 0.1) is 0 Å². The lowest BCUT2D eigenvalue weighted by atomic mass is 10.3. The summed E-state index contributed by atoms with van der Waals surface area (Å²) in [5, 5.41) is 2.93. The van der Waals surface area contributed by atoms with E-state index in [9.17, 15) is 4.79 Å². The summed E-state index contributed by atoms with van der Waals surface area (Å²) < 4.78 is 5.31. The lowest BCUT2D eigenvalue weighted by Crippen LogP contribution is -2.35. The van der Waals surface area contributed by atoms with Gasteiger partial charge in [-0.15, -0.1) is 0 Å². The van der Waals surface area contributed by atoms with Crippen molar-refractivity contribution in [1.29, 1.82) is 0 Å². The summed E-state index contributed by atoms with van der Waals surface area (Å²) >= 11 is 0. The fourth-order valence-electron chi connectivity index (χ4n) is 2.30. The number of nitrogens with one attached hydrogen (secondary N) is 1. The topological polar surface area (TPSA) is 93.4 Å². The van der Waals surface area contributed by atoms with Crippen molar-refractivity contribution >= 4 is 17.5 Å². The average Bonchev–Trinajstić information content (AvgIpc) is 2.83. The zero-order valence-corrected chi connectivity index (χ0v) is 11.9. The van der Waals surface area contributed by atoms with E-state index in [1.165, 1.54) is 6.92 Å². The lowest BCUT2D eigenvalue weighted by molar-refractivity contribution is -0.119. The van der Waals surface area contributed by atoms with Crippen molar-refractivity contribution in [2.24, 2.45) is 0 Å². The number of aromatic nitrogens is 2. The quantitative estimate of drug-likeness (QED) is 0.805. The molecule has 3 N–H and O–H groups in total. The number of nitrogen functional groups attached to an aromatic ring is 1. The summed E-state index contributed by atoms with van der Waals surface area (Å²) in [5.41, 5.74) is 5.81. The number of hydrogen-bond donors (Lipinski definition) is 2. The maximum atomic E-state index is 11.1. The molecule has 0 radical (unpaired) electrons. The Labute approximate surface area is 118 Å². The molecule has 0 saturated carbocycles. The van der Waals surface area contributed by atoms with Gasteiger partial charge in [0.2, 0.25) is 5.91 Å². The molecule has 110 valence electrons. The SMILES string of the molecule is CCOCc1nc(N)cc(N2CCC(NC(C)=O)C2)n1. The summed E-state index contributed by atoms with van der Waals surface area (Å²) in [5.74, 6) is 1.81. The molecule has 0 aliphatic carbocycles. The molecule has 7 heteroatoms. The number of anilines is 2. The zero-order chi connectivity index (χ0) is 14.5. The average molecular weight is 279 g/mol. The van der Waals surface area contributed by atoms with Gasteiger partial charge in [-0.3, -0.25) is 4.79 Å². The van der Waals surface area contributed by atoms with Gasteiger partial charge in [0.25, 0.3) is 0 Å². The lowest BCUT2D eigenvalue weighted by Gasteiger charge is -2.18. The van der Waals surface area contributed by atoms with E-state index in [0.717, 1.165) is 25.3 Å². The molecule has 1 fully saturated rings. The number of rotatable bonds is 5. The molecule has 1 atom stereocenters. The highest BCUT2D eigenvalue weighted by Crippen LogP contribution is 2.20. The van der Waals surface area contributed by atoms with Gasteiger partial charge in [-0.2, -0.15) is 0 Å². The monoisotopic (exact) mass is 279 g/mol. The predicted molar refractivity (Wildman–Crippen MR) is 76.2 cm³/mol. The van der Waals surface area contributed by atoms with E-state index >= 15 is 0 Å². The van der Waals surface area contributed by atoms with Gasteiger partial charge < -0.3 is 20.7 Å². The Hall–Kier alpha value is -1.89. The molecule has 1 saturated heterocycles. The van der Waals surface area contributed by atoms with Crippen LogP contribution in [-0.4, -0.2) is 41.6 Å². The molecule has 2 heterocycles. The van der Waals surface area contributed by atoms with E-state index in [2.05, 4.69) is 20.2 Å². The first-order valence-electron chi connectivity index (χ1n) is 6.81. The molecule has 1 aromatic heterocycles. The molecule has 2 rings (SSSR count). The number of ether oxygens (including phenoxy) is 1. The molecular weight excluding hydrogens is 258 g/mol. The number of carbonyl (C=O) groups excluding carboxylic acids is 1. The smallest absolute Gasteiger partial charge is 0.217 e. The molecule has 1 amide bonds. The normalized spacial score (nSPS) is 18.3.